The summed E-state index contributed by atoms with van der Waals surface area (Å²) in [6, 6.07) is 2.64. The number of aromatic nitrogens is 2. The van der Waals surface area contributed by atoms with E-state index in [0.29, 0.717) is 6.04 Å². The van der Waals surface area contributed by atoms with Gasteiger partial charge in [-0.1, -0.05) is 13.3 Å². The lowest BCUT2D eigenvalue weighted by molar-refractivity contribution is 0.0595. The molecule has 1 fully saturated rings. The number of nitrogens with one attached hydrogen (secondary N) is 1. The van der Waals surface area contributed by atoms with Crippen molar-refractivity contribution in [3.05, 3.63) is 18.5 Å². The second kappa shape index (κ2) is 5.85. The minimum atomic E-state index is 0.247. The van der Waals surface area contributed by atoms with Crippen LogP contribution in [0, 0.1) is 0 Å². The number of hydrogen-bond donors (Lipinski definition) is 1. The van der Waals surface area contributed by atoms with E-state index in [1.165, 1.54) is 12.8 Å². The molecule has 1 atom stereocenters. The van der Waals surface area contributed by atoms with Gasteiger partial charge in [-0.05, 0) is 26.3 Å². The Hall–Kier alpha value is -0.870. The summed E-state index contributed by atoms with van der Waals surface area (Å²) in [5.41, 5.74) is 0.247. The van der Waals surface area contributed by atoms with Gasteiger partial charge in [0.05, 0.1) is 6.54 Å². The van der Waals surface area contributed by atoms with Crippen molar-refractivity contribution in [2.45, 2.75) is 51.7 Å². The van der Waals surface area contributed by atoms with E-state index in [4.69, 9.17) is 0 Å². The van der Waals surface area contributed by atoms with Crippen LogP contribution in [0.4, 0.5) is 0 Å². The Kier molecular flexibility index (Phi) is 4.40. The molecule has 0 spiro atoms. The first-order valence-electron chi connectivity index (χ1n) is 7.07. The zero-order valence-corrected chi connectivity index (χ0v) is 11.9. The van der Waals surface area contributed by atoms with Crippen molar-refractivity contribution >= 4 is 0 Å². The second-order valence-corrected chi connectivity index (χ2v) is 5.89. The molecule has 0 saturated carbocycles. The van der Waals surface area contributed by atoms with Crippen molar-refractivity contribution in [1.82, 2.24) is 20.0 Å². The van der Waals surface area contributed by atoms with Gasteiger partial charge in [-0.15, -0.1) is 0 Å². The summed E-state index contributed by atoms with van der Waals surface area (Å²) >= 11 is 0. The molecule has 1 aliphatic rings. The van der Waals surface area contributed by atoms with E-state index >= 15 is 0 Å². The first-order valence-corrected chi connectivity index (χ1v) is 7.07. The van der Waals surface area contributed by atoms with Gasteiger partial charge in [-0.2, -0.15) is 5.10 Å². The SMILES string of the molecule is CCCC1CN(CCn2cccn2)C(C)(C)CN1. The number of hydrogen-bond acceptors (Lipinski definition) is 3. The zero-order valence-electron chi connectivity index (χ0n) is 11.9. The molecule has 0 aliphatic carbocycles. The van der Waals surface area contributed by atoms with Crippen molar-refractivity contribution in [2.75, 3.05) is 19.6 Å². The van der Waals surface area contributed by atoms with Crippen molar-refractivity contribution in [3.8, 4) is 0 Å². The van der Waals surface area contributed by atoms with Crippen LogP contribution in [0.2, 0.25) is 0 Å². The van der Waals surface area contributed by atoms with Gasteiger partial charge < -0.3 is 5.32 Å². The fourth-order valence-corrected chi connectivity index (χ4v) is 2.68. The average Bonchev–Trinajstić information content (AvgIpc) is 2.83. The summed E-state index contributed by atoms with van der Waals surface area (Å²) in [4.78, 5) is 2.60. The molecule has 18 heavy (non-hydrogen) atoms. The van der Waals surface area contributed by atoms with E-state index in [2.05, 4.69) is 36.1 Å². The van der Waals surface area contributed by atoms with Gasteiger partial charge in [0.25, 0.3) is 0 Å². The van der Waals surface area contributed by atoms with E-state index in [1.807, 2.05) is 23.1 Å². The molecule has 2 heterocycles. The first-order chi connectivity index (χ1) is 8.62. The van der Waals surface area contributed by atoms with Gasteiger partial charge in [0.2, 0.25) is 0 Å². The minimum absolute atomic E-state index is 0.247. The lowest BCUT2D eigenvalue weighted by Crippen LogP contribution is -2.62. The van der Waals surface area contributed by atoms with Crippen LogP contribution in [-0.2, 0) is 6.54 Å². The maximum atomic E-state index is 4.28. The Labute approximate surface area is 110 Å². The average molecular weight is 250 g/mol. The second-order valence-electron chi connectivity index (χ2n) is 5.89. The summed E-state index contributed by atoms with van der Waals surface area (Å²) in [5, 5.41) is 7.95. The van der Waals surface area contributed by atoms with Crippen LogP contribution in [0.1, 0.15) is 33.6 Å². The van der Waals surface area contributed by atoms with E-state index in [-0.39, 0.29) is 5.54 Å². The molecular weight excluding hydrogens is 224 g/mol. The van der Waals surface area contributed by atoms with Gasteiger partial charge in [0.15, 0.2) is 0 Å². The van der Waals surface area contributed by atoms with E-state index in [1.54, 1.807) is 0 Å². The standard InChI is InChI=1S/C14H26N4/c1-4-6-13-11-17(14(2,3)12-15-13)9-10-18-8-5-7-16-18/h5,7-8,13,15H,4,6,9-12H2,1-3H3. The third-order valence-corrected chi connectivity index (χ3v) is 3.92. The number of rotatable bonds is 5. The molecule has 1 unspecified atom stereocenters. The third kappa shape index (κ3) is 3.33. The van der Waals surface area contributed by atoms with E-state index < -0.39 is 0 Å². The molecule has 4 nitrogen and oxygen atoms in total. The molecule has 0 radical (unpaired) electrons. The topological polar surface area (TPSA) is 33.1 Å². The number of piperazine rings is 1. The van der Waals surface area contributed by atoms with Crippen LogP contribution in [0.25, 0.3) is 0 Å². The predicted molar refractivity (Wildman–Crippen MR) is 74.6 cm³/mol. The van der Waals surface area contributed by atoms with Crippen molar-refractivity contribution < 1.29 is 0 Å². The van der Waals surface area contributed by atoms with Crippen LogP contribution >= 0.6 is 0 Å². The summed E-state index contributed by atoms with van der Waals surface area (Å²) in [6.07, 6.45) is 6.42. The Balaban J connectivity index is 1.90. The Bertz CT molecular complexity index is 345. The van der Waals surface area contributed by atoms with E-state index in [9.17, 15) is 0 Å². The molecule has 0 bridgehead atoms. The quantitative estimate of drug-likeness (QED) is 0.864. The first kappa shape index (κ1) is 13.6. The summed E-state index contributed by atoms with van der Waals surface area (Å²) < 4.78 is 2.02. The summed E-state index contributed by atoms with van der Waals surface area (Å²) in [5.74, 6) is 0. The highest BCUT2D eigenvalue weighted by atomic mass is 15.3. The normalized spacial score (nSPS) is 24.3. The highest BCUT2D eigenvalue weighted by Gasteiger charge is 2.33. The van der Waals surface area contributed by atoms with Crippen LogP contribution in [0.15, 0.2) is 18.5 Å². The zero-order chi connectivity index (χ0) is 13.0. The predicted octanol–water partition coefficient (Wildman–Crippen LogP) is 1.74. The van der Waals surface area contributed by atoms with Crippen LogP contribution in [-0.4, -0.2) is 45.9 Å². The highest BCUT2D eigenvalue weighted by Crippen LogP contribution is 2.19. The lowest BCUT2D eigenvalue weighted by Gasteiger charge is -2.46. The molecule has 1 N–H and O–H groups in total. The van der Waals surface area contributed by atoms with E-state index in [0.717, 1.165) is 26.2 Å². The van der Waals surface area contributed by atoms with Gasteiger partial charge in [-0.3, -0.25) is 9.58 Å². The van der Waals surface area contributed by atoms with Crippen LogP contribution in [0.3, 0.4) is 0 Å². The molecule has 4 heteroatoms. The van der Waals surface area contributed by atoms with Gasteiger partial charge in [-0.25, -0.2) is 0 Å². The minimum Gasteiger partial charge on any atom is -0.311 e. The van der Waals surface area contributed by atoms with Crippen molar-refractivity contribution in [1.29, 1.82) is 0 Å². The highest BCUT2D eigenvalue weighted by molar-refractivity contribution is 4.92. The van der Waals surface area contributed by atoms with Gasteiger partial charge >= 0.3 is 0 Å². The van der Waals surface area contributed by atoms with Gasteiger partial charge in [0.1, 0.15) is 0 Å². The molecular formula is C14H26N4. The monoisotopic (exact) mass is 250 g/mol. The molecule has 1 saturated heterocycles. The molecule has 1 aliphatic heterocycles. The molecule has 1 aromatic rings. The Morgan fingerprint density at radius 1 is 1.39 bits per heavy atom. The van der Waals surface area contributed by atoms with Gasteiger partial charge in [0, 0.05) is 43.6 Å². The molecule has 2 rings (SSSR count). The van der Waals surface area contributed by atoms with Crippen LogP contribution < -0.4 is 5.32 Å². The lowest BCUT2D eigenvalue weighted by atomic mass is 9.96. The molecule has 1 aromatic heterocycles. The third-order valence-electron chi connectivity index (χ3n) is 3.92. The summed E-state index contributed by atoms with van der Waals surface area (Å²) in [6.45, 7) is 11.2. The fourth-order valence-electron chi connectivity index (χ4n) is 2.68. The smallest absolute Gasteiger partial charge is 0.0536 e. The summed E-state index contributed by atoms with van der Waals surface area (Å²) in [7, 11) is 0. The Morgan fingerprint density at radius 2 is 2.22 bits per heavy atom. The van der Waals surface area contributed by atoms with Crippen molar-refractivity contribution in [2.24, 2.45) is 0 Å². The fraction of sp³-hybridized carbons (Fsp3) is 0.786. The number of nitrogens with zero attached hydrogens (tertiary/aromatic N) is 3. The van der Waals surface area contributed by atoms with Crippen molar-refractivity contribution in [3.63, 3.8) is 0 Å². The van der Waals surface area contributed by atoms with Crippen LogP contribution in [0.5, 0.6) is 0 Å². The molecule has 0 aromatic carbocycles. The maximum Gasteiger partial charge on any atom is 0.0536 e. The largest absolute Gasteiger partial charge is 0.311 e. The Morgan fingerprint density at radius 3 is 2.89 bits per heavy atom. The molecule has 0 amide bonds. The maximum absolute atomic E-state index is 4.28. The molecule has 102 valence electrons.